The number of hydrogen-bond acceptors (Lipinski definition) is 1. The molecule has 0 saturated heterocycles. The molecule has 1 aliphatic carbocycles. The van der Waals surface area contributed by atoms with Crippen LogP contribution >= 0.6 is 15.9 Å². The van der Waals surface area contributed by atoms with E-state index < -0.39 is 5.60 Å². The van der Waals surface area contributed by atoms with E-state index in [9.17, 15) is 5.11 Å². The second-order valence-electron chi connectivity index (χ2n) is 5.70. The zero-order valence-electron chi connectivity index (χ0n) is 11.5. The second kappa shape index (κ2) is 5.71. The Morgan fingerprint density at radius 2 is 1.90 bits per heavy atom. The summed E-state index contributed by atoms with van der Waals surface area (Å²) < 4.78 is 1.07. The highest BCUT2D eigenvalue weighted by Crippen LogP contribution is 2.37. The van der Waals surface area contributed by atoms with Gasteiger partial charge in [-0.25, -0.2) is 0 Å². The van der Waals surface area contributed by atoms with Gasteiger partial charge < -0.3 is 5.11 Å². The van der Waals surface area contributed by atoms with E-state index in [4.69, 9.17) is 0 Å². The van der Waals surface area contributed by atoms with Gasteiger partial charge >= 0.3 is 0 Å². The van der Waals surface area contributed by atoms with Crippen molar-refractivity contribution in [3.05, 3.63) is 69.7 Å². The van der Waals surface area contributed by atoms with Gasteiger partial charge in [0.15, 0.2) is 0 Å². The van der Waals surface area contributed by atoms with Gasteiger partial charge in [-0.3, -0.25) is 0 Å². The summed E-state index contributed by atoms with van der Waals surface area (Å²) in [5.74, 6) is 0. The predicted molar refractivity (Wildman–Crippen MR) is 85.7 cm³/mol. The molecule has 104 valence electrons. The van der Waals surface area contributed by atoms with Crippen LogP contribution in [-0.4, -0.2) is 5.11 Å². The van der Waals surface area contributed by atoms with Crippen LogP contribution in [0.4, 0.5) is 0 Å². The van der Waals surface area contributed by atoms with E-state index in [0.717, 1.165) is 35.7 Å². The molecular weight excluding hydrogens is 312 g/mol. The first-order valence-electron chi connectivity index (χ1n) is 7.23. The Balaban J connectivity index is 1.98. The van der Waals surface area contributed by atoms with Crippen molar-refractivity contribution in [3.63, 3.8) is 0 Å². The molecule has 2 aromatic rings. The van der Waals surface area contributed by atoms with E-state index in [1.54, 1.807) is 0 Å². The van der Waals surface area contributed by atoms with Gasteiger partial charge in [-0.1, -0.05) is 52.3 Å². The summed E-state index contributed by atoms with van der Waals surface area (Å²) in [5.41, 5.74) is 2.88. The molecule has 20 heavy (non-hydrogen) atoms. The van der Waals surface area contributed by atoms with Crippen LogP contribution in [-0.2, 0) is 18.4 Å². The van der Waals surface area contributed by atoms with Crippen LogP contribution < -0.4 is 0 Å². The predicted octanol–water partition coefficient (Wildman–Crippen LogP) is 4.61. The Hall–Kier alpha value is -1.12. The molecule has 0 heterocycles. The van der Waals surface area contributed by atoms with E-state index in [1.165, 1.54) is 11.1 Å². The van der Waals surface area contributed by atoms with Gasteiger partial charge in [0.2, 0.25) is 0 Å². The molecule has 0 saturated carbocycles. The van der Waals surface area contributed by atoms with E-state index in [2.05, 4.69) is 46.3 Å². The first-order valence-corrected chi connectivity index (χ1v) is 8.02. The maximum absolute atomic E-state index is 11.2. The third-order valence-corrected chi connectivity index (χ3v) is 4.68. The Bertz CT molecular complexity index is 608. The Morgan fingerprint density at radius 3 is 2.75 bits per heavy atom. The number of halogens is 1. The van der Waals surface area contributed by atoms with Crippen molar-refractivity contribution >= 4 is 15.9 Å². The average molecular weight is 331 g/mol. The number of hydrogen-bond donors (Lipinski definition) is 1. The summed E-state index contributed by atoms with van der Waals surface area (Å²) in [6, 6.07) is 16.6. The van der Waals surface area contributed by atoms with E-state index >= 15 is 0 Å². The molecule has 1 nitrogen and oxygen atoms in total. The average Bonchev–Trinajstić information content (AvgIpc) is 2.59. The fourth-order valence-corrected chi connectivity index (χ4v) is 3.67. The van der Waals surface area contributed by atoms with Crippen molar-refractivity contribution in [1.82, 2.24) is 0 Å². The number of aryl methyl sites for hydroxylation is 1. The molecule has 0 aromatic heterocycles. The molecular formula is C18H19BrO. The minimum absolute atomic E-state index is 0.684. The molecule has 0 bridgehead atoms. The molecule has 2 aromatic carbocycles. The Kier molecular flexibility index (Phi) is 3.95. The highest BCUT2D eigenvalue weighted by Gasteiger charge is 2.32. The number of fused-ring (bicyclic) bond motifs is 1. The summed E-state index contributed by atoms with van der Waals surface area (Å²) in [6.45, 7) is 0. The van der Waals surface area contributed by atoms with Gasteiger partial charge in [0.1, 0.15) is 0 Å². The lowest BCUT2D eigenvalue weighted by molar-refractivity contribution is 0.0272. The van der Waals surface area contributed by atoms with Crippen molar-refractivity contribution in [3.8, 4) is 0 Å². The molecule has 2 heteroatoms. The molecule has 1 aliphatic rings. The molecule has 1 unspecified atom stereocenters. The number of benzene rings is 2. The van der Waals surface area contributed by atoms with Crippen molar-refractivity contribution in [1.29, 1.82) is 0 Å². The lowest BCUT2D eigenvalue weighted by atomic mass is 9.83. The van der Waals surface area contributed by atoms with E-state index in [-0.39, 0.29) is 0 Å². The summed E-state index contributed by atoms with van der Waals surface area (Å²) in [7, 11) is 0. The molecule has 3 rings (SSSR count). The van der Waals surface area contributed by atoms with Crippen molar-refractivity contribution in [2.24, 2.45) is 0 Å². The zero-order chi connectivity index (χ0) is 14.0. The minimum Gasteiger partial charge on any atom is -0.385 e. The topological polar surface area (TPSA) is 20.2 Å². The van der Waals surface area contributed by atoms with Crippen LogP contribution in [0.5, 0.6) is 0 Å². The van der Waals surface area contributed by atoms with Gasteiger partial charge in [0.25, 0.3) is 0 Å². The van der Waals surface area contributed by atoms with Crippen LogP contribution in [0, 0.1) is 0 Å². The maximum atomic E-state index is 11.2. The van der Waals surface area contributed by atoms with Gasteiger partial charge in [-0.15, -0.1) is 0 Å². The van der Waals surface area contributed by atoms with Crippen molar-refractivity contribution < 1.29 is 5.11 Å². The third kappa shape index (κ3) is 2.82. The molecule has 0 amide bonds. The largest absolute Gasteiger partial charge is 0.385 e. The molecule has 0 aliphatic heterocycles. The number of aliphatic hydroxyl groups is 1. The third-order valence-electron chi connectivity index (χ3n) is 4.19. The van der Waals surface area contributed by atoms with Crippen molar-refractivity contribution in [2.75, 3.05) is 0 Å². The first kappa shape index (κ1) is 13.8. The van der Waals surface area contributed by atoms with Gasteiger partial charge in [-0.05, 0) is 54.5 Å². The first-order chi connectivity index (χ1) is 9.67. The lowest BCUT2D eigenvalue weighted by Gasteiger charge is -2.29. The SMILES string of the molecule is OC1(Cc2cccc(Br)c2)CCCCc2ccccc21. The van der Waals surface area contributed by atoms with E-state index in [0.29, 0.717) is 6.42 Å². The zero-order valence-corrected chi connectivity index (χ0v) is 13.1. The Morgan fingerprint density at radius 1 is 1.05 bits per heavy atom. The monoisotopic (exact) mass is 330 g/mol. The highest BCUT2D eigenvalue weighted by atomic mass is 79.9. The van der Waals surface area contributed by atoms with Crippen LogP contribution in [0.1, 0.15) is 36.0 Å². The maximum Gasteiger partial charge on any atom is 0.0939 e. The standard InChI is InChI=1S/C18H19BrO/c19-16-9-5-6-14(12-16)13-18(20)11-4-3-8-15-7-1-2-10-17(15)18/h1-2,5-7,9-10,12,20H,3-4,8,11,13H2. The van der Waals surface area contributed by atoms with Gasteiger partial charge in [0, 0.05) is 10.9 Å². The molecule has 1 N–H and O–H groups in total. The van der Waals surface area contributed by atoms with E-state index in [1.807, 2.05) is 18.2 Å². The van der Waals surface area contributed by atoms with Crippen molar-refractivity contribution in [2.45, 2.75) is 37.7 Å². The fourth-order valence-electron chi connectivity index (χ4n) is 3.23. The normalized spacial score (nSPS) is 22.1. The quantitative estimate of drug-likeness (QED) is 0.797. The van der Waals surface area contributed by atoms with Crippen LogP contribution in [0.2, 0.25) is 0 Å². The summed E-state index contributed by atoms with van der Waals surface area (Å²) in [5, 5.41) is 11.2. The second-order valence-corrected chi connectivity index (χ2v) is 6.62. The van der Waals surface area contributed by atoms with Crippen LogP contribution in [0.3, 0.4) is 0 Å². The molecule has 0 fully saturated rings. The Labute approximate surface area is 128 Å². The van der Waals surface area contributed by atoms with Gasteiger partial charge in [0.05, 0.1) is 5.60 Å². The lowest BCUT2D eigenvalue weighted by Crippen LogP contribution is -2.28. The highest BCUT2D eigenvalue weighted by molar-refractivity contribution is 9.10. The molecule has 1 atom stereocenters. The fraction of sp³-hybridized carbons (Fsp3) is 0.333. The summed E-state index contributed by atoms with van der Waals surface area (Å²) >= 11 is 3.51. The number of rotatable bonds is 2. The summed E-state index contributed by atoms with van der Waals surface area (Å²) in [4.78, 5) is 0. The minimum atomic E-state index is -0.728. The molecule has 0 spiro atoms. The smallest absolute Gasteiger partial charge is 0.0939 e. The van der Waals surface area contributed by atoms with Gasteiger partial charge in [-0.2, -0.15) is 0 Å². The summed E-state index contributed by atoms with van der Waals surface area (Å²) in [6.07, 6.45) is 4.86. The molecule has 0 radical (unpaired) electrons. The van der Waals surface area contributed by atoms with Crippen LogP contribution in [0.25, 0.3) is 0 Å². The van der Waals surface area contributed by atoms with Crippen LogP contribution in [0.15, 0.2) is 53.0 Å².